The van der Waals surface area contributed by atoms with Crippen LogP contribution in [0.1, 0.15) is 30.3 Å². The fourth-order valence-corrected chi connectivity index (χ4v) is 3.16. The molecule has 0 amide bonds. The van der Waals surface area contributed by atoms with Gasteiger partial charge in [-0.25, -0.2) is 0 Å². The molecule has 0 aliphatic carbocycles. The number of epoxide rings is 1. The molecule has 5 atom stereocenters. The Kier molecular flexibility index (Phi) is 3.70. The van der Waals surface area contributed by atoms with E-state index >= 15 is 0 Å². The fourth-order valence-electron chi connectivity index (χ4n) is 3.16. The standard InChI is InChI=1S/C19H20O3/c1-13-17(21-13)16-12-20-18(14-8-4-2-5-9-14)19(22-16)15-10-6-3-7-11-15/h2-11,13,16-19H,12H2,1H3/t13-,16+,17-,18+,19+/m1/s1. The summed E-state index contributed by atoms with van der Waals surface area (Å²) in [7, 11) is 0. The molecule has 3 heteroatoms. The molecule has 2 aliphatic heterocycles. The van der Waals surface area contributed by atoms with Crippen molar-refractivity contribution in [1.29, 1.82) is 0 Å². The summed E-state index contributed by atoms with van der Waals surface area (Å²) in [4.78, 5) is 0. The third kappa shape index (κ3) is 2.68. The molecule has 0 bridgehead atoms. The molecule has 22 heavy (non-hydrogen) atoms. The summed E-state index contributed by atoms with van der Waals surface area (Å²) in [6, 6.07) is 20.6. The van der Waals surface area contributed by atoms with Crippen molar-refractivity contribution in [3.05, 3.63) is 71.8 Å². The van der Waals surface area contributed by atoms with Crippen molar-refractivity contribution in [2.45, 2.75) is 37.4 Å². The minimum absolute atomic E-state index is 0.0140. The molecule has 114 valence electrons. The van der Waals surface area contributed by atoms with Gasteiger partial charge in [-0.2, -0.15) is 0 Å². The third-order valence-corrected chi connectivity index (χ3v) is 4.42. The highest BCUT2D eigenvalue weighted by Crippen LogP contribution is 2.42. The maximum Gasteiger partial charge on any atom is 0.113 e. The van der Waals surface area contributed by atoms with Crippen molar-refractivity contribution < 1.29 is 14.2 Å². The van der Waals surface area contributed by atoms with Gasteiger partial charge in [-0.3, -0.25) is 0 Å². The Bertz CT molecular complexity index is 613. The summed E-state index contributed by atoms with van der Waals surface area (Å²) in [6.45, 7) is 2.66. The van der Waals surface area contributed by atoms with Crippen LogP contribution in [0, 0.1) is 0 Å². The molecule has 2 heterocycles. The zero-order valence-corrected chi connectivity index (χ0v) is 12.6. The predicted octanol–water partition coefficient (Wildman–Crippen LogP) is 3.67. The van der Waals surface area contributed by atoms with E-state index < -0.39 is 0 Å². The van der Waals surface area contributed by atoms with Gasteiger partial charge < -0.3 is 14.2 Å². The number of hydrogen-bond donors (Lipinski definition) is 0. The van der Waals surface area contributed by atoms with Crippen LogP contribution in [0.25, 0.3) is 0 Å². The highest BCUT2D eigenvalue weighted by Gasteiger charge is 2.47. The molecule has 2 aromatic rings. The first-order chi connectivity index (χ1) is 10.8. The third-order valence-electron chi connectivity index (χ3n) is 4.42. The lowest BCUT2D eigenvalue weighted by Gasteiger charge is -2.37. The first kappa shape index (κ1) is 13.9. The van der Waals surface area contributed by atoms with Crippen LogP contribution in [0.2, 0.25) is 0 Å². The molecular weight excluding hydrogens is 276 g/mol. The van der Waals surface area contributed by atoms with Gasteiger partial charge in [0.05, 0.1) is 12.7 Å². The second-order valence-electron chi connectivity index (χ2n) is 5.98. The molecule has 4 rings (SSSR count). The predicted molar refractivity (Wildman–Crippen MR) is 83.5 cm³/mol. The maximum atomic E-state index is 6.38. The van der Waals surface area contributed by atoms with E-state index in [9.17, 15) is 0 Å². The molecule has 0 unspecified atom stereocenters. The molecule has 0 aromatic heterocycles. The van der Waals surface area contributed by atoms with Gasteiger partial charge in [0.2, 0.25) is 0 Å². The summed E-state index contributed by atoms with van der Waals surface area (Å²) in [5.74, 6) is 0. The van der Waals surface area contributed by atoms with Crippen LogP contribution >= 0.6 is 0 Å². The van der Waals surface area contributed by atoms with Crippen molar-refractivity contribution in [2.24, 2.45) is 0 Å². The van der Waals surface area contributed by atoms with Gasteiger partial charge in [0.1, 0.15) is 24.4 Å². The lowest BCUT2D eigenvalue weighted by molar-refractivity contribution is -0.191. The van der Waals surface area contributed by atoms with E-state index in [2.05, 4.69) is 31.2 Å². The summed E-state index contributed by atoms with van der Waals surface area (Å²) in [5, 5.41) is 0. The Morgan fingerprint density at radius 2 is 1.32 bits per heavy atom. The molecule has 2 saturated heterocycles. The average molecular weight is 296 g/mol. The number of hydrogen-bond acceptors (Lipinski definition) is 3. The summed E-state index contributed by atoms with van der Waals surface area (Å²) in [5.41, 5.74) is 2.30. The normalized spacial score (nSPS) is 34.3. The summed E-state index contributed by atoms with van der Waals surface area (Å²) >= 11 is 0. The molecule has 2 aromatic carbocycles. The van der Waals surface area contributed by atoms with Crippen LogP contribution in [0.5, 0.6) is 0 Å². The number of ether oxygens (including phenoxy) is 3. The second-order valence-corrected chi connectivity index (χ2v) is 5.98. The second kappa shape index (κ2) is 5.84. The molecule has 2 fully saturated rings. The van der Waals surface area contributed by atoms with Crippen LogP contribution in [0.4, 0.5) is 0 Å². The van der Waals surface area contributed by atoms with E-state index in [-0.39, 0.29) is 30.5 Å². The van der Waals surface area contributed by atoms with E-state index in [4.69, 9.17) is 14.2 Å². The van der Waals surface area contributed by atoms with Gasteiger partial charge in [0.15, 0.2) is 0 Å². The van der Waals surface area contributed by atoms with Gasteiger partial charge >= 0.3 is 0 Å². The highest BCUT2D eigenvalue weighted by molar-refractivity contribution is 5.26. The van der Waals surface area contributed by atoms with Crippen LogP contribution in [-0.2, 0) is 14.2 Å². The Hall–Kier alpha value is -1.68. The quantitative estimate of drug-likeness (QED) is 0.810. The summed E-state index contributed by atoms with van der Waals surface area (Å²) in [6.07, 6.45) is 0.286. The van der Waals surface area contributed by atoms with Crippen LogP contribution in [-0.4, -0.2) is 24.9 Å². The molecule has 0 N–H and O–H groups in total. The van der Waals surface area contributed by atoms with Crippen molar-refractivity contribution in [3.63, 3.8) is 0 Å². The lowest BCUT2D eigenvalue weighted by Crippen LogP contribution is -2.37. The van der Waals surface area contributed by atoms with E-state index in [1.54, 1.807) is 0 Å². The smallest absolute Gasteiger partial charge is 0.113 e. The van der Waals surface area contributed by atoms with Crippen molar-refractivity contribution in [3.8, 4) is 0 Å². The first-order valence-electron chi connectivity index (χ1n) is 7.85. The molecule has 0 saturated carbocycles. The number of benzene rings is 2. The zero-order chi connectivity index (χ0) is 14.9. The van der Waals surface area contributed by atoms with Crippen molar-refractivity contribution in [1.82, 2.24) is 0 Å². The topological polar surface area (TPSA) is 31.0 Å². The van der Waals surface area contributed by atoms with Crippen LogP contribution in [0.15, 0.2) is 60.7 Å². The van der Waals surface area contributed by atoms with E-state index in [1.165, 1.54) is 0 Å². The van der Waals surface area contributed by atoms with Crippen LogP contribution < -0.4 is 0 Å². The highest BCUT2D eigenvalue weighted by atomic mass is 16.6. The van der Waals surface area contributed by atoms with E-state index in [0.717, 1.165) is 11.1 Å². The SMILES string of the molecule is C[C@H]1O[C@H]1[C@@H]1CO[C@@H](c2ccccc2)[C@H](c2ccccc2)O1. The van der Waals surface area contributed by atoms with E-state index in [0.29, 0.717) is 6.61 Å². The van der Waals surface area contributed by atoms with E-state index in [1.807, 2.05) is 36.4 Å². The Morgan fingerprint density at radius 1 is 0.773 bits per heavy atom. The van der Waals surface area contributed by atoms with Crippen molar-refractivity contribution in [2.75, 3.05) is 6.61 Å². The van der Waals surface area contributed by atoms with Crippen LogP contribution in [0.3, 0.4) is 0 Å². The lowest BCUT2D eigenvalue weighted by atomic mass is 9.96. The number of rotatable bonds is 3. The largest absolute Gasteiger partial charge is 0.368 e. The zero-order valence-electron chi connectivity index (χ0n) is 12.6. The molecular formula is C19H20O3. The Labute approximate surface area is 130 Å². The maximum absolute atomic E-state index is 6.38. The van der Waals surface area contributed by atoms with Gasteiger partial charge in [0, 0.05) is 0 Å². The minimum atomic E-state index is -0.0984. The van der Waals surface area contributed by atoms with Gasteiger partial charge in [-0.1, -0.05) is 60.7 Å². The monoisotopic (exact) mass is 296 g/mol. The fraction of sp³-hybridized carbons (Fsp3) is 0.368. The Morgan fingerprint density at radius 3 is 1.86 bits per heavy atom. The molecule has 3 nitrogen and oxygen atoms in total. The Balaban J connectivity index is 1.63. The molecule has 2 aliphatic rings. The first-order valence-corrected chi connectivity index (χ1v) is 7.85. The molecule has 0 spiro atoms. The summed E-state index contributed by atoms with van der Waals surface area (Å²) < 4.78 is 18.1. The molecule has 0 radical (unpaired) electrons. The van der Waals surface area contributed by atoms with Gasteiger partial charge in [-0.15, -0.1) is 0 Å². The minimum Gasteiger partial charge on any atom is -0.368 e. The van der Waals surface area contributed by atoms with Gasteiger partial charge in [0.25, 0.3) is 0 Å². The van der Waals surface area contributed by atoms with Gasteiger partial charge in [-0.05, 0) is 18.1 Å². The van der Waals surface area contributed by atoms with Crippen molar-refractivity contribution >= 4 is 0 Å². The average Bonchev–Trinajstić information content (AvgIpc) is 3.33.